The van der Waals surface area contributed by atoms with Gasteiger partial charge in [0.05, 0.1) is 5.88 Å². The van der Waals surface area contributed by atoms with Crippen LogP contribution >= 0.6 is 23.2 Å². The van der Waals surface area contributed by atoms with Crippen molar-refractivity contribution in [2.24, 2.45) is 0 Å². The lowest BCUT2D eigenvalue weighted by atomic mass is 10.2. The Balaban J connectivity index is 2.93. The van der Waals surface area contributed by atoms with Crippen molar-refractivity contribution in [2.75, 3.05) is 0 Å². The average molecular weight is 233 g/mol. The molecule has 0 aliphatic heterocycles. The Morgan fingerprint density at radius 1 is 1.50 bits per heavy atom. The monoisotopic (exact) mass is 232 g/mol. The molecular weight excluding hydrogens is 223 g/mol. The molecule has 4 heteroatoms. The topological polar surface area (TPSA) is 26.3 Å². The average Bonchev–Trinajstić information content (AvgIpc) is 2.18. The summed E-state index contributed by atoms with van der Waals surface area (Å²) >= 11 is 11.4. The van der Waals surface area contributed by atoms with Crippen LogP contribution in [-0.4, -0.2) is 5.97 Å². The quantitative estimate of drug-likeness (QED) is 0.454. The molecule has 0 radical (unpaired) electrons. The summed E-state index contributed by atoms with van der Waals surface area (Å²) in [6, 6.07) is 5.04. The smallest absolute Gasteiger partial charge is 0.310 e. The van der Waals surface area contributed by atoms with Gasteiger partial charge in [-0.2, -0.15) is 0 Å². The van der Waals surface area contributed by atoms with Crippen molar-refractivity contribution in [2.45, 2.75) is 19.2 Å². The van der Waals surface area contributed by atoms with E-state index in [0.717, 1.165) is 5.56 Å². The predicted molar refractivity (Wildman–Crippen MR) is 56.9 cm³/mol. The van der Waals surface area contributed by atoms with Gasteiger partial charge >= 0.3 is 5.97 Å². The van der Waals surface area contributed by atoms with Crippen LogP contribution in [0.25, 0.3) is 0 Å². The number of hydrogen-bond acceptors (Lipinski definition) is 2. The third kappa shape index (κ3) is 2.89. The lowest BCUT2D eigenvalue weighted by Gasteiger charge is -2.07. The first-order chi connectivity index (χ1) is 6.67. The number of hydrogen-bond donors (Lipinski definition) is 0. The SMILES string of the molecule is CCC(=O)Oc1cc(Cl)ccc1CCl. The molecule has 0 unspecified atom stereocenters. The molecular formula is C10H10Cl2O2. The van der Waals surface area contributed by atoms with Crippen LogP contribution in [0.3, 0.4) is 0 Å². The second-order valence-corrected chi connectivity index (χ2v) is 3.42. The van der Waals surface area contributed by atoms with E-state index in [1.54, 1.807) is 25.1 Å². The molecule has 0 saturated heterocycles. The highest BCUT2D eigenvalue weighted by Gasteiger charge is 2.07. The normalized spacial score (nSPS) is 9.93. The van der Waals surface area contributed by atoms with Crippen LogP contribution in [0, 0.1) is 0 Å². The predicted octanol–water partition coefficient (Wildman–Crippen LogP) is 3.39. The maximum atomic E-state index is 11.1. The Hall–Kier alpha value is -0.730. The third-order valence-corrected chi connectivity index (χ3v) is 2.21. The van der Waals surface area contributed by atoms with E-state index < -0.39 is 0 Å². The molecule has 0 heterocycles. The van der Waals surface area contributed by atoms with Crippen molar-refractivity contribution in [1.82, 2.24) is 0 Å². The van der Waals surface area contributed by atoms with Crippen molar-refractivity contribution in [3.8, 4) is 5.75 Å². The maximum absolute atomic E-state index is 11.1. The number of carbonyl (C=O) groups excluding carboxylic acids is 1. The zero-order chi connectivity index (χ0) is 10.6. The van der Waals surface area contributed by atoms with Gasteiger partial charge in [0.25, 0.3) is 0 Å². The molecule has 0 aliphatic rings. The molecule has 0 bridgehead atoms. The summed E-state index contributed by atoms with van der Waals surface area (Å²) in [5.41, 5.74) is 0.762. The minimum absolute atomic E-state index is 0.293. The molecule has 0 spiro atoms. The molecule has 0 aliphatic carbocycles. The molecule has 1 aromatic rings. The minimum Gasteiger partial charge on any atom is -0.426 e. The molecule has 0 aromatic heterocycles. The number of esters is 1. The Morgan fingerprint density at radius 2 is 2.21 bits per heavy atom. The van der Waals surface area contributed by atoms with Gasteiger partial charge in [0.2, 0.25) is 0 Å². The third-order valence-electron chi connectivity index (χ3n) is 1.69. The van der Waals surface area contributed by atoms with Crippen LogP contribution in [0.2, 0.25) is 5.02 Å². The number of halogens is 2. The van der Waals surface area contributed by atoms with Crippen molar-refractivity contribution in [3.05, 3.63) is 28.8 Å². The van der Waals surface area contributed by atoms with Gasteiger partial charge in [-0.25, -0.2) is 0 Å². The number of rotatable bonds is 3. The Bertz CT molecular complexity index is 337. The summed E-state index contributed by atoms with van der Waals surface area (Å²) in [4.78, 5) is 11.1. The van der Waals surface area contributed by atoms with Crippen molar-refractivity contribution >= 4 is 29.2 Å². The number of benzene rings is 1. The zero-order valence-electron chi connectivity index (χ0n) is 7.72. The van der Waals surface area contributed by atoms with Gasteiger partial charge in [0, 0.05) is 17.0 Å². The molecule has 0 amide bonds. The molecule has 1 aromatic carbocycles. The maximum Gasteiger partial charge on any atom is 0.310 e. The Morgan fingerprint density at radius 3 is 2.79 bits per heavy atom. The lowest BCUT2D eigenvalue weighted by Crippen LogP contribution is -2.06. The van der Waals surface area contributed by atoms with Crippen molar-refractivity contribution in [3.63, 3.8) is 0 Å². The van der Waals surface area contributed by atoms with Crippen molar-refractivity contribution in [1.29, 1.82) is 0 Å². The molecule has 0 atom stereocenters. The molecule has 76 valence electrons. The lowest BCUT2D eigenvalue weighted by molar-refractivity contribution is -0.134. The number of ether oxygens (including phenoxy) is 1. The first-order valence-corrected chi connectivity index (χ1v) is 5.13. The molecule has 2 nitrogen and oxygen atoms in total. The molecule has 14 heavy (non-hydrogen) atoms. The molecule has 1 rings (SSSR count). The summed E-state index contributed by atoms with van der Waals surface area (Å²) < 4.78 is 5.06. The van der Waals surface area contributed by atoms with E-state index in [-0.39, 0.29) is 5.97 Å². The van der Waals surface area contributed by atoms with Gasteiger partial charge in [-0.3, -0.25) is 4.79 Å². The van der Waals surface area contributed by atoms with E-state index in [0.29, 0.717) is 23.1 Å². The van der Waals surface area contributed by atoms with Crippen LogP contribution in [-0.2, 0) is 10.7 Å². The van der Waals surface area contributed by atoms with Gasteiger partial charge in [0.1, 0.15) is 5.75 Å². The highest BCUT2D eigenvalue weighted by atomic mass is 35.5. The van der Waals surface area contributed by atoms with E-state index in [4.69, 9.17) is 27.9 Å². The molecule has 0 saturated carbocycles. The van der Waals surface area contributed by atoms with Crippen LogP contribution in [0.15, 0.2) is 18.2 Å². The van der Waals surface area contributed by atoms with Crippen LogP contribution in [0.5, 0.6) is 5.75 Å². The standard InChI is InChI=1S/C10H10Cl2O2/c1-2-10(13)14-9-5-8(12)4-3-7(9)6-11/h3-5H,2,6H2,1H3. The van der Waals surface area contributed by atoms with E-state index in [9.17, 15) is 4.79 Å². The highest BCUT2D eigenvalue weighted by Crippen LogP contribution is 2.25. The Labute approximate surface area is 92.8 Å². The number of alkyl halides is 1. The van der Waals surface area contributed by atoms with Crippen LogP contribution < -0.4 is 4.74 Å². The molecule has 0 N–H and O–H groups in total. The van der Waals surface area contributed by atoms with Gasteiger partial charge in [-0.05, 0) is 12.1 Å². The fraction of sp³-hybridized carbons (Fsp3) is 0.300. The second kappa shape index (κ2) is 5.23. The van der Waals surface area contributed by atoms with E-state index in [1.807, 2.05) is 0 Å². The Kier molecular flexibility index (Phi) is 4.23. The first-order valence-electron chi connectivity index (χ1n) is 4.22. The van der Waals surface area contributed by atoms with E-state index >= 15 is 0 Å². The van der Waals surface area contributed by atoms with Gasteiger partial charge in [0.15, 0.2) is 0 Å². The fourth-order valence-electron chi connectivity index (χ4n) is 0.929. The number of carbonyl (C=O) groups is 1. The van der Waals surface area contributed by atoms with Gasteiger partial charge < -0.3 is 4.74 Å². The van der Waals surface area contributed by atoms with Crippen LogP contribution in [0.1, 0.15) is 18.9 Å². The highest BCUT2D eigenvalue weighted by molar-refractivity contribution is 6.30. The fourth-order valence-corrected chi connectivity index (χ4v) is 1.31. The van der Waals surface area contributed by atoms with Gasteiger partial charge in [-0.1, -0.05) is 24.6 Å². The minimum atomic E-state index is -0.293. The van der Waals surface area contributed by atoms with Gasteiger partial charge in [-0.15, -0.1) is 11.6 Å². The molecule has 0 fully saturated rings. The summed E-state index contributed by atoms with van der Waals surface area (Å²) in [6.07, 6.45) is 0.328. The van der Waals surface area contributed by atoms with Crippen molar-refractivity contribution < 1.29 is 9.53 Å². The summed E-state index contributed by atoms with van der Waals surface area (Å²) in [5, 5.41) is 0.526. The largest absolute Gasteiger partial charge is 0.426 e. The van der Waals surface area contributed by atoms with E-state index in [1.165, 1.54) is 0 Å². The second-order valence-electron chi connectivity index (χ2n) is 2.71. The first kappa shape index (κ1) is 11.3. The van der Waals surface area contributed by atoms with E-state index in [2.05, 4.69) is 0 Å². The summed E-state index contributed by atoms with van der Waals surface area (Å²) in [5.74, 6) is 0.446. The van der Waals surface area contributed by atoms with Crippen LogP contribution in [0.4, 0.5) is 0 Å². The summed E-state index contributed by atoms with van der Waals surface area (Å²) in [7, 11) is 0. The summed E-state index contributed by atoms with van der Waals surface area (Å²) in [6.45, 7) is 1.73. The zero-order valence-corrected chi connectivity index (χ0v) is 9.23.